The summed E-state index contributed by atoms with van der Waals surface area (Å²) in [4.78, 5) is 2.19. The number of H-pyrrole nitrogens is 1. The molecule has 5 nitrogen and oxygen atoms in total. The summed E-state index contributed by atoms with van der Waals surface area (Å²) in [6, 6.07) is 3.94. The molecule has 0 spiro atoms. The second kappa shape index (κ2) is 4.49. The average Bonchev–Trinajstić information content (AvgIpc) is 2.72. The summed E-state index contributed by atoms with van der Waals surface area (Å²) in [5.74, 6) is 0. The highest BCUT2D eigenvalue weighted by Crippen LogP contribution is 2.25. The molecule has 4 N–H and O–H groups in total. The number of likely N-dealkylation sites (N-methyl/N-ethyl adjacent to an activating group) is 1. The zero-order valence-corrected chi connectivity index (χ0v) is 11.4. The Balaban J connectivity index is 2.19. The van der Waals surface area contributed by atoms with Crippen LogP contribution in [0.4, 0.5) is 11.4 Å². The lowest BCUT2D eigenvalue weighted by molar-refractivity contribution is 0.210. The van der Waals surface area contributed by atoms with Gasteiger partial charge >= 0.3 is 0 Å². The summed E-state index contributed by atoms with van der Waals surface area (Å²) in [7, 11) is 4.15. The maximum Gasteiger partial charge on any atom is 0.0672 e. The van der Waals surface area contributed by atoms with Crippen molar-refractivity contribution in [3.8, 4) is 0 Å². The van der Waals surface area contributed by atoms with Gasteiger partial charge in [0.05, 0.1) is 23.1 Å². The lowest BCUT2D eigenvalue weighted by atomic mass is 10.0. The largest absolute Gasteiger partial charge is 0.397 e. The lowest BCUT2D eigenvalue weighted by Gasteiger charge is -2.33. The van der Waals surface area contributed by atoms with Crippen LogP contribution in [0.1, 0.15) is 13.8 Å². The molecular weight excluding hydrogens is 226 g/mol. The fraction of sp³-hybridized carbons (Fsp3) is 0.462. The first-order chi connectivity index (χ1) is 8.40. The Morgan fingerprint density at radius 2 is 2.11 bits per heavy atom. The molecule has 0 amide bonds. The SMILES string of the molecule is CN(C)C(C)(C)CNc1cc2[nH]ncc2cc1N. The highest BCUT2D eigenvalue weighted by Gasteiger charge is 2.20. The van der Waals surface area contributed by atoms with Gasteiger partial charge < -0.3 is 16.0 Å². The van der Waals surface area contributed by atoms with Crippen LogP contribution in [0.25, 0.3) is 10.9 Å². The van der Waals surface area contributed by atoms with Gasteiger partial charge in [-0.25, -0.2) is 0 Å². The molecule has 0 aliphatic rings. The van der Waals surface area contributed by atoms with Gasteiger partial charge in [0, 0.05) is 17.5 Å². The number of aromatic amines is 1. The van der Waals surface area contributed by atoms with E-state index in [9.17, 15) is 0 Å². The standard InChI is InChI=1S/C13H21N5/c1-13(2,18(3)4)8-15-12-6-11-9(5-10(12)14)7-16-17-11/h5-7,15H,8,14H2,1-4H3,(H,16,17). The number of anilines is 2. The van der Waals surface area contributed by atoms with Gasteiger partial charge in [-0.1, -0.05) is 0 Å². The molecule has 98 valence electrons. The number of fused-ring (bicyclic) bond motifs is 1. The summed E-state index contributed by atoms with van der Waals surface area (Å²) in [5.41, 5.74) is 8.79. The third-order valence-electron chi connectivity index (χ3n) is 3.53. The number of benzene rings is 1. The molecule has 1 aromatic heterocycles. The minimum absolute atomic E-state index is 0.0649. The molecule has 0 unspecified atom stereocenters. The lowest BCUT2D eigenvalue weighted by Crippen LogP contribution is -2.44. The summed E-state index contributed by atoms with van der Waals surface area (Å²) in [6.45, 7) is 5.19. The minimum atomic E-state index is 0.0649. The van der Waals surface area contributed by atoms with Gasteiger partial charge in [0.25, 0.3) is 0 Å². The van der Waals surface area contributed by atoms with Crippen molar-refractivity contribution in [3.63, 3.8) is 0 Å². The van der Waals surface area contributed by atoms with Crippen LogP contribution in [0, 0.1) is 0 Å². The highest BCUT2D eigenvalue weighted by atomic mass is 15.2. The van der Waals surface area contributed by atoms with Crippen molar-refractivity contribution in [2.24, 2.45) is 0 Å². The molecule has 5 heteroatoms. The molecule has 0 fully saturated rings. The minimum Gasteiger partial charge on any atom is -0.397 e. The molecule has 0 atom stereocenters. The Hall–Kier alpha value is -1.75. The van der Waals surface area contributed by atoms with Crippen molar-refractivity contribution in [2.45, 2.75) is 19.4 Å². The van der Waals surface area contributed by atoms with E-state index >= 15 is 0 Å². The number of aromatic nitrogens is 2. The second-order valence-electron chi connectivity index (χ2n) is 5.46. The maximum absolute atomic E-state index is 6.03. The van der Waals surface area contributed by atoms with Gasteiger partial charge in [0.2, 0.25) is 0 Å². The number of hydrogen-bond donors (Lipinski definition) is 3. The van der Waals surface area contributed by atoms with Gasteiger partial charge in [-0.15, -0.1) is 0 Å². The number of nitrogen functional groups attached to an aromatic ring is 1. The number of nitrogens with two attached hydrogens (primary N) is 1. The van der Waals surface area contributed by atoms with Gasteiger partial charge in [-0.05, 0) is 40.1 Å². The van der Waals surface area contributed by atoms with Gasteiger partial charge in [-0.2, -0.15) is 5.10 Å². The molecule has 18 heavy (non-hydrogen) atoms. The van der Waals surface area contributed by atoms with Crippen LogP contribution in [0.3, 0.4) is 0 Å². The summed E-state index contributed by atoms with van der Waals surface area (Å²) in [6.07, 6.45) is 1.78. The topological polar surface area (TPSA) is 70.0 Å². The van der Waals surface area contributed by atoms with E-state index < -0.39 is 0 Å². The first-order valence-corrected chi connectivity index (χ1v) is 6.04. The van der Waals surface area contributed by atoms with Crippen LogP contribution >= 0.6 is 0 Å². The van der Waals surface area contributed by atoms with E-state index in [1.54, 1.807) is 6.20 Å². The molecule has 1 heterocycles. The zero-order valence-electron chi connectivity index (χ0n) is 11.4. The normalized spacial score (nSPS) is 12.3. The molecule has 1 aromatic carbocycles. The predicted octanol–water partition coefficient (Wildman–Crippen LogP) is 1.90. The van der Waals surface area contributed by atoms with Crippen LogP contribution in [0.2, 0.25) is 0 Å². The van der Waals surface area contributed by atoms with E-state index in [1.807, 2.05) is 12.1 Å². The molecule has 0 bridgehead atoms. The number of nitrogens with zero attached hydrogens (tertiary/aromatic N) is 2. The van der Waals surface area contributed by atoms with E-state index in [0.717, 1.165) is 28.8 Å². The van der Waals surface area contributed by atoms with Crippen LogP contribution in [-0.4, -0.2) is 41.3 Å². The Bertz CT molecular complexity index is 541. The van der Waals surface area contributed by atoms with Crippen LogP contribution in [-0.2, 0) is 0 Å². The van der Waals surface area contributed by atoms with Gasteiger partial charge in [0.15, 0.2) is 0 Å². The smallest absolute Gasteiger partial charge is 0.0672 e. The molecule has 0 saturated carbocycles. The number of hydrogen-bond acceptors (Lipinski definition) is 4. The monoisotopic (exact) mass is 247 g/mol. The van der Waals surface area contributed by atoms with Crippen molar-refractivity contribution in [3.05, 3.63) is 18.3 Å². The third-order valence-corrected chi connectivity index (χ3v) is 3.53. The highest BCUT2D eigenvalue weighted by molar-refractivity contribution is 5.88. The predicted molar refractivity (Wildman–Crippen MR) is 76.8 cm³/mol. The zero-order chi connectivity index (χ0) is 13.3. The van der Waals surface area contributed by atoms with E-state index in [4.69, 9.17) is 5.73 Å². The average molecular weight is 247 g/mol. The number of rotatable bonds is 4. The second-order valence-corrected chi connectivity index (χ2v) is 5.46. The third kappa shape index (κ3) is 2.41. The van der Waals surface area contributed by atoms with Crippen molar-refractivity contribution < 1.29 is 0 Å². The Morgan fingerprint density at radius 1 is 1.39 bits per heavy atom. The van der Waals surface area contributed by atoms with Crippen LogP contribution in [0.15, 0.2) is 18.3 Å². The van der Waals surface area contributed by atoms with Gasteiger partial charge in [0.1, 0.15) is 0 Å². The molecule has 2 rings (SSSR count). The summed E-state index contributed by atoms with van der Waals surface area (Å²) >= 11 is 0. The van der Waals surface area contributed by atoms with E-state index in [-0.39, 0.29) is 5.54 Å². The van der Waals surface area contributed by atoms with Crippen molar-refractivity contribution in [1.29, 1.82) is 0 Å². The summed E-state index contributed by atoms with van der Waals surface area (Å²) < 4.78 is 0. The molecule has 0 aliphatic carbocycles. The molecular formula is C13H21N5. The molecule has 0 aliphatic heterocycles. The molecule has 0 saturated heterocycles. The molecule has 0 radical (unpaired) electrons. The van der Waals surface area contributed by atoms with Crippen molar-refractivity contribution in [1.82, 2.24) is 15.1 Å². The van der Waals surface area contributed by atoms with Crippen LogP contribution in [0.5, 0.6) is 0 Å². The number of nitrogens with one attached hydrogen (secondary N) is 2. The molecule has 2 aromatic rings. The Labute approximate surface area is 107 Å². The maximum atomic E-state index is 6.03. The fourth-order valence-corrected chi connectivity index (χ4v) is 1.63. The Morgan fingerprint density at radius 3 is 2.78 bits per heavy atom. The fourth-order valence-electron chi connectivity index (χ4n) is 1.63. The van der Waals surface area contributed by atoms with E-state index in [1.165, 1.54) is 0 Å². The van der Waals surface area contributed by atoms with E-state index in [0.29, 0.717) is 0 Å². The van der Waals surface area contributed by atoms with Gasteiger partial charge in [-0.3, -0.25) is 5.10 Å². The van der Waals surface area contributed by atoms with E-state index in [2.05, 4.69) is 48.4 Å². The van der Waals surface area contributed by atoms with Crippen molar-refractivity contribution in [2.75, 3.05) is 31.7 Å². The quantitative estimate of drug-likeness (QED) is 0.722. The summed E-state index contributed by atoms with van der Waals surface area (Å²) in [5, 5.41) is 11.4. The first-order valence-electron chi connectivity index (χ1n) is 6.04. The van der Waals surface area contributed by atoms with Crippen LogP contribution < -0.4 is 11.1 Å². The first kappa shape index (κ1) is 12.7. The Kier molecular flexibility index (Phi) is 3.17. The van der Waals surface area contributed by atoms with Crippen molar-refractivity contribution >= 4 is 22.3 Å².